The van der Waals surface area contributed by atoms with Gasteiger partial charge < -0.3 is 10.1 Å². The molecule has 4 nitrogen and oxygen atoms in total. The highest BCUT2D eigenvalue weighted by molar-refractivity contribution is 6.06. The molecule has 0 unspecified atom stereocenters. The van der Waals surface area contributed by atoms with Crippen LogP contribution in [0.2, 0.25) is 0 Å². The lowest BCUT2D eigenvalue weighted by atomic mass is 10.1. The van der Waals surface area contributed by atoms with Crippen molar-refractivity contribution in [3.05, 3.63) is 42.2 Å². The first-order valence-electron chi connectivity index (χ1n) is 5.30. The molecule has 3 rings (SSSR count). The second kappa shape index (κ2) is 3.59. The quantitative estimate of drug-likeness (QED) is 0.704. The number of nitrogens with one attached hydrogen (secondary N) is 1. The number of carboxylic acid groups (broad SMARTS) is 1. The molecule has 1 aromatic carbocycles. The molecule has 0 radical (unpaired) electrons. The van der Waals surface area contributed by atoms with Crippen LogP contribution in [0.1, 0.15) is 5.56 Å². The van der Waals surface area contributed by atoms with Gasteiger partial charge in [-0.05, 0) is 17.7 Å². The van der Waals surface area contributed by atoms with Crippen molar-refractivity contribution < 1.29 is 9.90 Å². The molecule has 0 spiro atoms. The van der Waals surface area contributed by atoms with Crippen molar-refractivity contribution in [3.8, 4) is 0 Å². The first-order chi connectivity index (χ1) is 8.24. The van der Waals surface area contributed by atoms with E-state index in [0.717, 1.165) is 27.4 Å². The lowest BCUT2D eigenvalue weighted by Gasteiger charge is -1.97. The molecule has 0 saturated carbocycles. The minimum absolute atomic E-state index is 0.0452. The topological polar surface area (TPSA) is 66.0 Å². The number of nitrogens with zero attached hydrogens (tertiary/aromatic N) is 1. The van der Waals surface area contributed by atoms with E-state index in [0.29, 0.717) is 0 Å². The van der Waals surface area contributed by atoms with Crippen LogP contribution in [0.5, 0.6) is 0 Å². The second-order valence-electron chi connectivity index (χ2n) is 4.00. The number of benzene rings is 1. The van der Waals surface area contributed by atoms with Gasteiger partial charge in [-0.3, -0.25) is 9.78 Å². The second-order valence-corrected chi connectivity index (χ2v) is 4.00. The SMILES string of the molecule is O=C(O)Cc1ccc2c(c1)[nH]c1ccncc12. The molecule has 2 N–H and O–H groups in total. The van der Waals surface area contributed by atoms with E-state index in [-0.39, 0.29) is 6.42 Å². The molecular formula is C13H10N2O2. The summed E-state index contributed by atoms with van der Waals surface area (Å²) in [6.45, 7) is 0. The highest BCUT2D eigenvalue weighted by Crippen LogP contribution is 2.25. The molecule has 17 heavy (non-hydrogen) atoms. The number of hydrogen-bond donors (Lipinski definition) is 2. The fourth-order valence-electron chi connectivity index (χ4n) is 2.08. The van der Waals surface area contributed by atoms with Crippen molar-refractivity contribution in [2.75, 3.05) is 0 Å². The summed E-state index contributed by atoms with van der Waals surface area (Å²) in [5.41, 5.74) is 2.76. The smallest absolute Gasteiger partial charge is 0.307 e. The zero-order chi connectivity index (χ0) is 11.8. The van der Waals surface area contributed by atoms with Crippen molar-refractivity contribution in [1.82, 2.24) is 9.97 Å². The molecule has 2 aromatic heterocycles. The third-order valence-electron chi connectivity index (χ3n) is 2.82. The Labute approximate surface area is 96.9 Å². The van der Waals surface area contributed by atoms with E-state index >= 15 is 0 Å². The minimum atomic E-state index is -0.817. The molecule has 0 aliphatic carbocycles. The van der Waals surface area contributed by atoms with Crippen molar-refractivity contribution in [2.45, 2.75) is 6.42 Å². The number of rotatable bonds is 2. The maximum atomic E-state index is 10.7. The van der Waals surface area contributed by atoms with E-state index in [4.69, 9.17) is 5.11 Å². The lowest BCUT2D eigenvalue weighted by Crippen LogP contribution is -1.99. The van der Waals surface area contributed by atoms with Crippen molar-refractivity contribution >= 4 is 27.8 Å². The largest absolute Gasteiger partial charge is 0.481 e. The Hall–Kier alpha value is -2.36. The summed E-state index contributed by atoms with van der Waals surface area (Å²) < 4.78 is 0. The van der Waals surface area contributed by atoms with Crippen LogP contribution in [0.15, 0.2) is 36.7 Å². The zero-order valence-corrected chi connectivity index (χ0v) is 8.97. The molecule has 84 valence electrons. The zero-order valence-electron chi connectivity index (χ0n) is 8.97. The molecule has 4 heteroatoms. The van der Waals surface area contributed by atoms with Crippen LogP contribution in [-0.2, 0) is 11.2 Å². The lowest BCUT2D eigenvalue weighted by molar-refractivity contribution is -0.136. The normalized spacial score (nSPS) is 11.1. The molecule has 0 fully saturated rings. The number of H-pyrrole nitrogens is 1. The van der Waals surface area contributed by atoms with E-state index in [2.05, 4.69) is 9.97 Å². The van der Waals surface area contributed by atoms with E-state index < -0.39 is 5.97 Å². The predicted molar refractivity (Wildman–Crippen MR) is 64.9 cm³/mol. The van der Waals surface area contributed by atoms with Gasteiger partial charge in [0.2, 0.25) is 0 Å². The highest BCUT2D eigenvalue weighted by atomic mass is 16.4. The molecule has 0 atom stereocenters. The summed E-state index contributed by atoms with van der Waals surface area (Å²) >= 11 is 0. The Morgan fingerprint density at radius 3 is 2.94 bits per heavy atom. The summed E-state index contributed by atoms with van der Waals surface area (Å²) in [5.74, 6) is -0.817. The standard InChI is InChI=1S/C13H10N2O2/c16-13(17)6-8-1-2-9-10-7-14-4-3-11(10)15-12(9)5-8/h1-5,7,15H,6H2,(H,16,17). The van der Waals surface area contributed by atoms with Crippen LogP contribution in [0.3, 0.4) is 0 Å². The van der Waals surface area contributed by atoms with Crippen LogP contribution in [0.25, 0.3) is 21.8 Å². The molecule has 0 amide bonds. The maximum Gasteiger partial charge on any atom is 0.307 e. The Morgan fingerprint density at radius 1 is 1.24 bits per heavy atom. The number of aromatic nitrogens is 2. The van der Waals surface area contributed by atoms with Crippen molar-refractivity contribution in [3.63, 3.8) is 0 Å². The monoisotopic (exact) mass is 226 g/mol. The fraction of sp³-hybridized carbons (Fsp3) is 0.0769. The van der Waals surface area contributed by atoms with Crippen LogP contribution >= 0.6 is 0 Å². The number of carbonyl (C=O) groups is 1. The summed E-state index contributed by atoms with van der Waals surface area (Å²) in [5, 5.41) is 10.9. The number of fused-ring (bicyclic) bond motifs is 3. The van der Waals surface area contributed by atoms with Gasteiger partial charge in [-0.1, -0.05) is 12.1 Å². The molecule has 2 heterocycles. The highest BCUT2D eigenvalue weighted by Gasteiger charge is 2.06. The third kappa shape index (κ3) is 1.63. The van der Waals surface area contributed by atoms with Gasteiger partial charge in [0.1, 0.15) is 0 Å². The van der Waals surface area contributed by atoms with Gasteiger partial charge in [-0.2, -0.15) is 0 Å². The first-order valence-corrected chi connectivity index (χ1v) is 5.30. The van der Waals surface area contributed by atoms with Gasteiger partial charge in [0.15, 0.2) is 0 Å². The van der Waals surface area contributed by atoms with Gasteiger partial charge in [0, 0.05) is 34.2 Å². The molecule has 0 aliphatic heterocycles. The van der Waals surface area contributed by atoms with E-state index in [1.165, 1.54) is 0 Å². The van der Waals surface area contributed by atoms with Gasteiger partial charge in [0.25, 0.3) is 0 Å². The van der Waals surface area contributed by atoms with Crippen LogP contribution in [-0.4, -0.2) is 21.0 Å². The number of carboxylic acids is 1. The Morgan fingerprint density at radius 2 is 2.12 bits per heavy atom. The number of hydrogen-bond acceptors (Lipinski definition) is 2. The van der Waals surface area contributed by atoms with Gasteiger partial charge in [0.05, 0.1) is 6.42 Å². The fourth-order valence-corrected chi connectivity index (χ4v) is 2.08. The van der Waals surface area contributed by atoms with Crippen LogP contribution < -0.4 is 0 Å². The van der Waals surface area contributed by atoms with E-state index in [1.54, 1.807) is 6.20 Å². The van der Waals surface area contributed by atoms with E-state index in [9.17, 15) is 4.79 Å². The average Bonchev–Trinajstić information content (AvgIpc) is 2.65. The molecule has 3 aromatic rings. The summed E-state index contributed by atoms with van der Waals surface area (Å²) in [6, 6.07) is 7.57. The Bertz CT molecular complexity index is 716. The summed E-state index contributed by atoms with van der Waals surface area (Å²) in [7, 11) is 0. The van der Waals surface area contributed by atoms with Crippen molar-refractivity contribution in [1.29, 1.82) is 0 Å². The molecule has 0 bridgehead atoms. The van der Waals surface area contributed by atoms with Crippen LogP contribution in [0, 0.1) is 0 Å². The first kappa shape index (κ1) is 9.84. The van der Waals surface area contributed by atoms with Gasteiger partial charge >= 0.3 is 5.97 Å². The maximum absolute atomic E-state index is 10.7. The van der Waals surface area contributed by atoms with Crippen molar-refractivity contribution in [2.24, 2.45) is 0 Å². The molecule has 0 saturated heterocycles. The number of pyridine rings is 1. The predicted octanol–water partition coefficient (Wildman–Crippen LogP) is 2.34. The van der Waals surface area contributed by atoms with Gasteiger partial charge in [-0.15, -0.1) is 0 Å². The summed E-state index contributed by atoms with van der Waals surface area (Å²) in [6.07, 6.45) is 3.59. The number of aliphatic carboxylic acids is 1. The Kier molecular flexibility index (Phi) is 2.08. The average molecular weight is 226 g/mol. The number of aromatic amines is 1. The van der Waals surface area contributed by atoms with Gasteiger partial charge in [-0.25, -0.2) is 0 Å². The molecule has 0 aliphatic rings. The Balaban J connectivity index is 2.23. The van der Waals surface area contributed by atoms with Crippen LogP contribution in [0.4, 0.5) is 0 Å². The summed E-state index contributed by atoms with van der Waals surface area (Å²) in [4.78, 5) is 18.0. The minimum Gasteiger partial charge on any atom is -0.481 e. The van der Waals surface area contributed by atoms with E-state index in [1.807, 2.05) is 30.5 Å². The third-order valence-corrected chi connectivity index (χ3v) is 2.82. The molecular weight excluding hydrogens is 216 g/mol.